The van der Waals surface area contributed by atoms with Crippen LogP contribution in [0.4, 0.5) is 5.69 Å². The maximum atomic E-state index is 12.4. The quantitative estimate of drug-likeness (QED) is 0.884. The monoisotopic (exact) mass is 258 g/mol. The van der Waals surface area contributed by atoms with Crippen molar-refractivity contribution in [1.82, 2.24) is 4.90 Å². The highest BCUT2D eigenvalue weighted by atomic mass is 16.2. The molecule has 3 saturated heterocycles. The van der Waals surface area contributed by atoms with Crippen LogP contribution in [0.5, 0.6) is 0 Å². The third-order valence-corrected chi connectivity index (χ3v) is 4.59. The summed E-state index contributed by atoms with van der Waals surface area (Å²) in [4.78, 5) is 14.8. The smallest absolute Gasteiger partial charge is 0.241 e. The molecule has 2 bridgehead atoms. The van der Waals surface area contributed by atoms with Gasteiger partial charge in [0.25, 0.3) is 0 Å². The van der Waals surface area contributed by atoms with Crippen LogP contribution in [0.25, 0.3) is 0 Å². The van der Waals surface area contributed by atoms with E-state index in [1.807, 2.05) is 6.07 Å². The number of hydrogen-bond donors (Lipinski definition) is 1. The van der Waals surface area contributed by atoms with Crippen molar-refractivity contribution in [3.8, 4) is 0 Å². The number of anilines is 1. The first kappa shape index (κ1) is 12.7. The number of rotatable bonds is 2. The summed E-state index contributed by atoms with van der Waals surface area (Å²) in [6.07, 6.45) is 3.58. The van der Waals surface area contributed by atoms with Gasteiger partial charge in [0.05, 0.1) is 6.04 Å². The van der Waals surface area contributed by atoms with E-state index in [0.717, 1.165) is 36.7 Å². The van der Waals surface area contributed by atoms with Gasteiger partial charge in [-0.15, -0.1) is 0 Å². The van der Waals surface area contributed by atoms with Gasteiger partial charge in [-0.1, -0.05) is 17.7 Å². The SMILES string of the molecule is Cc1ccc(NC(=O)C2CC3CCN2CC3)c(C)c1. The minimum Gasteiger partial charge on any atom is -0.324 e. The zero-order valence-electron chi connectivity index (χ0n) is 11.8. The van der Waals surface area contributed by atoms with Crippen LogP contribution in [0.3, 0.4) is 0 Å². The fraction of sp³-hybridized carbons (Fsp3) is 0.562. The molecular weight excluding hydrogens is 236 g/mol. The van der Waals surface area contributed by atoms with Crippen LogP contribution in [0.15, 0.2) is 18.2 Å². The molecule has 3 aliphatic heterocycles. The average molecular weight is 258 g/mol. The number of carbonyl (C=O) groups excluding carboxylic acids is 1. The first-order valence-electron chi connectivity index (χ1n) is 7.25. The Morgan fingerprint density at radius 3 is 2.58 bits per heavy atom. The van der Waals surface area contributed by atoms with Crippen molar-refractivity contribution < 1.29 is 4.79 Å². The molecule has 1 atom stereocenters. The number of fused-ring (bicyclic) bond motifs is 3. The summed E-state index contributed by atoms with van der Waals surface area (Å²) in [6, 6.07) is 6.27. The van der Waals surface area contributed by atoms with Crippen molar-refractivity contribution in [2.45, 2.75) is 39.2 Å². The summed E-state index contributed by atoms with van der Waals surface area (Å²) in [6.45, 7) is 6.31. The highest BCUT2D eigenvalue weighted by Gasteiger charge is 2.37. The molecule has 0 aromatic heterocycles. The van der Waals surface area contributed by atoms with Gasteiger partial charge in [0.2, 0.25) is 5.91 Å². The fourth-order valence-corrected chi connectivity index (χ4v) is 3.41. The molecule has 19 heavy (non-hydrogen) atoms. The Bertz CT molecular complexity index is 490. The molecule has 1 amide bonds. The van der Waals surface area contributed by atoms with Gasteiger partial charge in [-0.25, -0.2) is 0 Å². The van der Waals surface area contributed by atoms with E-state index in [4.69, 9.17) is 0 Å². The van der Waals surface area contributed by atoms with Gasteiger partial charge in [-0.2, -0.15) is 0 Å². The molecule has 1 aromatic rings. The number of hydrogen-bond acceptors (Lipinski definition) is 2. The molecular formula is C16H22N2O. The second-order valence-corrected chi connectivity index (χ2v) is 6.04. The largest absolute Gasteiger partial charge is 0.324 e. The lowest BCUT2D eigenvalue weighted by molar-refractivity contribution is -0.125. The number of carbonyl (C=O) groups is 1. The molecule has 1 aromatic carbocycles. The highest BCUT2D eigenvalue weighted by molar-refractivity contribution is 5.95. The fourth-order valence-electron chi connectivity index (χ4n) is 3.41. The van der Waals surface area contributed by atoms with Crippen LogP contribution in [-0.2, 0) is 4.79 Å². The predicted molar refractivity (Wildman–Crippen MR) is 77.2 cm³/mol. The van der Waals surface area contributed by atoms with Crippen molar-refractivity contribution in [1.29, 1.82) is 0 Å². The van der Waals surface area contributed by atoms with Gasteiger partial charge in [0.15, 0.2) is 0 Å². The molecule has 0 aliphatic carbocycles. The van der Waals surface area contributed by atoms with Gasteiger partial charge in [-0.3, -0.25) is 9.69 Å². The highest BCUT2D eigenvalue weighted by Crippen LogP contribution is 2.32. The first-order valence-corrected chi connectivity index (χ1v) is 7.25. The molecule has 1 N–H and O–H groups in total. The maximum Gasteiger partial charge on any atom is 0.241 e. The van der Waals surface area contributed by atoms with E-state index in [2.05, 4.69) is 36.2 Å². The Hall–Kier alpha value is -1.35. The average Bonchev–Trinajstić information content (AvgIpc) is 2.43. The Labute approximate surface area is 115 Å². The van der Waals surface area contributed by atoms with Crippen molar-refractivity contribution in [3.05, 3.63) is 29.3 Å². The van der Waals surface area contributed by atoms with Crippen LogP contribution in [-0.4, -0.2) is 29.9 Å². The van der Waals surface area contributed by atoms with Gasteiger partial charge in [0, 0.05) is 5.69 Å². The van der Waals surface area contributed by atoms with E-state index in [0.29, 0.717) is 0 Å². The third kappa shape index (κ3) is 2.52. The van der Waals surface area contributed by atoms with Gasteiger partial charge in [-0.05, 0) is 63.7 Å². The molecule has 1 unspecified atom stereocenters. The van der Waals surface area contributed by atoms with Crippen molar-refractivity contribution in [2.24, 2.45) is 5.92 Å². The molecule has 0 spiro atoms. The minimum absolute atomic E-state index is 0.0909. The molecule has 0 saturated carbocycles. The topological polar surface area (TPSA) is 32.3 Å². The van der Waals surface area contributed by atoms with Crippen LogP contribution >= 0.6 is 0 Å². The Kier molecular flexibility index (Phi) is 3.31. The standard InChI is InChI=1S/C16H22N2O/c1-11-3-4-14(12(2)9-11)17-16(19)15-10-13-5-7-18(15)8-6-13/h3-4,9,13,15H,5-8,10H2,1-2H3,(H,17,19). The van der Waals surface area contributed by atoms with E-state index < -0.39 is 0 Å². The molecule has 3 heterocycles. The van der Waals surface area contributed by atoms with Gasteiger partial charge >= 0.3 is 0 Å². The summed E-state index contributed by atoms with van der Waals surface area (Å²) in [5, 5.41) is 3.11. The summed E-state index contributed by atoms with van der Waals surface area (Å²) < 4.78 is 0. The molecule has 3 fully saturated rings. The number of amides is 1. The summed E-state index contributed by atoms with van der Waals surface area (Å²) >= 11 is 0. The Balaban J connectivity index is 1.71. The number of piperidine rings is 3. The van der Waals surface area contributed by atoms with E-state index in [9.17, 15) is 4.79 Å². The van der Waals surface area contributed by atoms with Crippen LogP contribution in [0, 0.1) is 19.8 Å². The Morgan fingerprint density at radius 1 is 1.26 bits per heavy atom. The van der Waals surface area contributed by atoms with E-state index in [-0.39, 0.29) is 11.9 Å². The summed E-state index contributed by atoms with van der Waals surface area (Å²) in [7, 11) is 0. The second-order valence-electron chi connectivity index (χ2n) is 6.04. The Morgan fingerprint density at radius 2 is 2.00 bits per heavy atom. The van der Waals surface area contributed by atoms with Crippen molar-refractivity contribution in [2.75, 3.05) is 18.4 Å². The third-order valence-electron chi connectivity index (χ3n) is 4.59. The van der Waals surface area contributed by atoms with E-state index in [1.54, 1.807) is 0 Å². The molecule has 3 aliphatic rings. The predicted octanol–water partition coefficient (Wildman–Crippen LogP) is 2.73. The van der Waals surface area contributed by atoms with Gasteiger partial charge < -0.3 is 5.32 Å². The number of aryl methyl sites for hydroxylation is 2. The van der Waals surface area contributed by atoms with Crippen molar-refractivity contribution in [3.63, 3.8) is 0 Å². The second kappa shape index (κ2) is 4.97. The lowest BCUT2D eigenvalue weighted by Gasteiger charge is -2.44. The lowest BCUT2D eigenvalue weighted by atomic mass is 9.83. The first-order chi connectivity index (χ1) is 9.13. The van der Waals surface area contributed by atoms with Gasteiger partial charge in [0.1, 0.15) is 0 Å². The summed E-state index contributed by atoms with van der Waals surface area (Å²) in [5.74, 6) is 0.941. The van der Waals surface area contributed by atoms with E-state index >= 15 is 0 Å². The summed E-state index contributed by atoms with van der Waals surface area (Å²) in [5.41, 5.74) is 3.33. The van der Waals surface area contributed by atoms with Crippen LogP contribution in [0.1, 0.15) is 30.4 Å². The molecule has 4 rings (SSSR count). The molecule has 0 radical (unpaired) electrons. The van der Waals surface area contributed by atoms with Crippen molar-refractivity contribution >= 4 is 11.6 Å². The molecule has 102 valence electrons. The number of benzene rings is 1. The van der Waals surface area contributed by atoms with Crippen LogP contribution < -0.4 is 5.32 Å². The molecule has 3 nitrogen and oxygen atoms in total. The molecule has 3 heteroatoms. The maximum absolute atomic E-state index is 12.4. The zero-order chi connectivity index (χ0) is 13.4. The van der Waals surface area contributed by atoms with E-state index in [1.165, 1.54) is 18.4 Å². The zero-order valence-corrected chi connectivity index (χ0v) is 11.8. The lowest BCUT2D eigenvalue weighted by Crippen LogP contribution is -2.53. The van der Waals surface area contributed by atoms with Crippen LogP contribution in [0.2, 0.25) is 0 Å². The number of nitrogens with one attached hydrogen (secondary N) is 1. The normalized spacial score (nSPS) is 29.3. The number of nitrogens with zero attached hydrogens (tertiary/aromatic N) is 1. The minimum atomic E-state index is 0.0909.